The molecular formula is C19H21NO5S2. The van der Waals surface area contributed by atoms with Gasteiger partial charge in [-0.2, -0.15) is 0 Å². The number of hydrogen-bond donors (Lipinski definition) is 1. The Hall–Kier alpha value is -2.06. The van der Waals surface area contributed by atoms with Crippen molar-refractivity contribution < 1.29 is 24.2 Å². The van der Waals surface area contributed by atoms with Crippen LogP contribution in [0.15, 0.2) is 23.1 Å². The highest BCUT2D eigenvalue weighted by molar-refractivity contribution is 8.26. The minimum Gasteiger partial charge on any atom is -0.493 e. The number of amides is 1. The number of ether oxygens (including phenoxy) is 2. The Balaban J connectivity index is 1.88. The summed E-state index contributed by atoms with van der Waals surface area (Å²) in [5.41, 5.74) is 0.583. The molecule has 27 heavy (non-hydrogen) atoms. The maximum absolute atomic E-state index is 12.9. The van der Waals surface area contributed by atoms with Gasteiger partial charge in [0, 0.05) is 11.6 Å². The van der Waals surface area contributed by atoms with Crippen molar-refractivity contribution in [3.63, 3.8) is 0 Å². The van der Waals surface area contributed by atoms with Gasteiger partial charge >= 0.3 is 5.97 Å². The molecule has 0 atom stereocenters. The Labute approximate surface area is 167 Å². The Bertz CT molecular complexity index is 786. The number of para-hydroxylation sites is 1. The molecule has 3 rings (SSSR count). The normalized spacial score (nSPS) is 19.6. The van der Waals surface area contributed by atoms with E-state index in [-0.39, 0.29) is 11.9 Å². The van der Waals surface area contributed by atoms with Crippen LogP contribution in [0.25, 0.3) is 6.08 Å². The average Bonchev–Trinajstić information content (AvgIpc) is 2.94. The number of carboxylic acids is 1. The molecule has 1 aliphatic heterocycles. The van der Waals surface area contributed by atoms with Gasteiger partial charge in [0.05, 0.1) is 12.0 Å². The Morgan fingerprint density at radius 1 is 1.37 bits per heavy atom. The van der Waals surface area contributed by atoms with E-state index in [2.05, 4.69) is 0 Å². The minimum atomic E-state index is -1.09. The molecule has 0 aromatic heterocycles. The van der Waals surface area contributed by atoms with Gasteiger partial charge in [-0.3, -0.25) is 9.69 Å². The quantitative estimate of drug-likeness (QED) is 0.569. The molecule has 1 heterocycles. The third kappa shape index (κ3) is 4.44. The fraction of sp³-hybridized carbons (Fsp3) is 0.421. The molecule has 0 spiro atoms. The fourth-order valence-electron chi connectivity index (χ4n) is 3.37. The van der Waals surface area contributed by atoms with Crippen molar-refractivity contribution in [3.05, 3.63) is 28.7 Å². The van der Waals surface area contributed by atoms with Crippen LogP contribution < -0.4 is 9.47 Å². The summed E-state index contributed by atoms with van der Waals surface area (Å²) in [6.07, 6.45) is 7.09. The molecule has 6 nitrogen and oxygen atoms in total. The van der Waals surface area contributed by atoms with Crippen LogP contribution in [0.5, 0.6) is 11.5 Å². The largest absolute Gasteiger partial charge is 0.493 e. The third-order valence-electron chi connectivity index (χ3n) is 4.62. The van der Waals surface area contributed by atoms with E-state index in [1.54, 1.807) is 29.2 Å². The van der Waals surface area contributed by atoms with Crippen LogP contribution in [0.4, 0.5) is 0 Å². The lowest BCUT2D eigenvalue weighted by Crippen LogP contribution is -2.39. The summed E-state index contributed by atoms with van der Waals surface area (Å²) in [6, 6.07) is 5.37. The maximum atomic E-state index is 12.9. The monoisotopic (exact) mass is 407 g/mol. The van der Waals surface area contributed by atoms with E-state index < -0.39 is 12.6 Å². The zero-order valence-electron chi connectivity index (χ0n) is 15.0. The van der Waals surface area contributed by atoms with Crippen molar-refractivity contribution in [3.8, 4) is 11.5 Å². The van der Waals surface area contributed by atoms with Gasteiger partial charge in [-0.25, -0.2) is 4.79 Å². The summed E-state index contributed by atoms with van der Waals surface area (Å²) < 4.78 is 11.2. The summed E-state index contributed by atoms with van der Waals surface area (Å²) in [5.74, 6) is -0.475. The van der Waals surface area contributed by atoms with E-state index in [0.717, 1.165) is 25.7 Å². The molecular weight excluding hydrogens is 386 g/mol. The highest BCUT2D eigenvalue weighted by atomic mass is 32.2. The molecule has 0 bridgehead atoms. The van der Waals surface area contributed by atoms with E-state index in [1.165, 1.54) is 25.3 Å². The molecule has 1 saturated heterocycles. The summed E-state index contributed by atoms with van der Waals surface area (Å²) >= 11 is 6.73. The molecule has 8 heteroatoms. The summed E-state index contributed by atoms with van der Waals surface area (Å²) in [6.45, 7) is -0.496. The number of thiocarbonyl (C=S) groups is 1. The molecule has 1 N–H and O–H groups in total. The van der Waals surface area contributed by atoms with Gasteiger partial charge in [0.2, 0.25) is 0 Å². The van der Waals surface area contributed by atoms with E-state index >= 15 is 0 Å². The van der Waals surface area contributed by atoms with Crippen LogP contribution in [0, 0.1) is 0 Å². The van der Waals surface area contributed by atoms with Crippen molar-refractivity contribution in [2.45, 2.75) is 38.1 Å². The van der Waals surface area contributed by atoms with E-state index in [4.69, 9.17) is 26.8 Å². The highest BCUT2D eigenvalue weighted by Crippen LogP contribution is 2.39. The van der Waals surface area contributed by atoms with Crippen LogP contribution in [0.1, 0.15) is 37.7 Å². The van der Waals surface area contributed by atoms with Gasteiger partial charge in [-0.1, -0.05) is 55.4 Å². The molecule has 2 fully saturated rings. The summed E-state index contributed by atoms with van der Waals surface area (Å²) in [7, 11) is 1.48. The molecule has 144 valence electrons. The molecule has 1 saturated carbocycles. The highest BCUT2D eigenvalue weighted by Gasteiger charge is 2.37. The van der Waals surface area contributed by atoms with Crippen molar-refractivity contribution in [2.75, 3.05) is 13.7 Å². The molecule has 0 radical (unpaired) electrons. The summed E-state index contributed by atoms with van der Waals surface area (Å²) in [5, 5.41) is 8.91. The Kier molecular flexibility index (Phi) is 6.38. The van der Waals surface area contributed by atoms with Crippen LogP contribution in [0.2, 0.25) is 0 Å². The minimum absolute atomic E-state index is 0.0936. The average molecular weight is 408 g/mol. The van der Waals surface area contributed by atoms with Crippen LogP contribution in [0.3, 0.4) is 0 Å². The number of hydrogen-bond acceptors (Lipinski definition) is 6. The van der Waals surface area contributed by atoms with E-state index in [0.29, 0.717) is 26.3 Å². The second kappa shape index (κ2) is 8.75. The maximum Gasteiger partial charge on any atom is 0.341 e. The first-order chi connectivity index (χ1) is 13.0. The lowest BCUT2D eigenvalue weighted by Gasteiger charge is -2.29. The Morgan fingerprint density at radius 2 is 2.11 bits per heavy atom. The first-order valence-corrected chi connectivity index (χ1v) is 10.0. The van der Waals surface area contributed by atoms with Crippen molar-refractivity contribution >= 4 is 46.3 Å². The number of benzene rings is 1. The number of carbonyl (C=O) groups is 2. The number of nitrogens with zero attached hydrogens (tertiary/aromatic N) is 1. The molecule has 1 amide bonds. The van der Waals surface area contributed by atoms with Gasteiger partial charge in [-0.05, 0) is 25.0 Å². The molecule has 0 unspecified atom stereocenters. The van der Waals surface area contributed by atoms with Gasteiger partial charge in [0.15, 0.2) is 18.1 Å². The number of carbonyl (C=O) groups excluding carboxylic acids is 1. The smallest absolute Gasteiger partial charge is 0.341 e. The number of aliphatic carboxylic acids is 1. The van der Waals surface area contributed by atoms with Gasteiger partial charge in [0.1, 0.15) is 4.32 Å². The van der Waals surface area contributed by atoms with Crippen molar-refractivity contribution in [1.29, 1.82) is 0 Å². The zero-order chi connectivity index (χ0) is 19.4. The third-order valence-corrected chi connectivity index (χ3v) is 5.95. The van der Waals surface area contributed by atoms with Crippen LogP contribution in [-0.4, -0.2) is 46.0 Å². The lowest BCUT2D eigenvalue weighted by atomic mass is 9.94. The van der Waals surface area contributed by atoms with Gasteiger partial charge in [-0.15, -0.1) is 0 Å². The number of carboxylic acid groups (broad SMARTS) is 1. The zero-order valence-corrected chi connectivity index (χ0v) is 16.6. The standard InChI is InChI=1S/C19H21NO5S2/c1-24-14-9-5-6-12(17(14)25-11-16(21)22)10-15-18(23)20(19(26)27-15)13-7-3-2-4-8-13/h5-6,9-10,13H,2-4,7-8,11H2,1H3,(H,21,22)/b15-10-. The predicted molar refractivity (Wildman–Crippen MR) is 108 cm³/mol. The first-order valence-electron chi connectivity index (χ1n) is 8.80. The summed E-state index contributed by atoms with van der Waals surface area (Å²) in [4.78, 5) is 26.1. The molecule has 1 aromatic carbocycles. The lowest BCUT2D eigenvalue weighted by molar-refractivity contribution is -0.139. The Morgan fingerprint density at radius 3 is 2.78 bits per heavy atom. The van der Waals surface area contributed by atoms with Crippen molar-refractivity contribution in [2.24, 2.45) is 0 Å². The number of rotatable bonds is 6. The topological polar surface area (TPSA) is 76.1 Å². The van der Waals surface area contributed by atoms with E-state index in [9.17, 15) is 9.59 Å². The fourth-order valence-corrected chi connectivity index (χ4v) is 4.76. The molecule has 2 aliphatic rings. The number of thioether (sulfide) groups is 1. The molecule has 1 aromatic rings. The van der Waals surface area contributed by atoms with Crippen molar-refractivity contribution in [1.82, 2.24) is 4.90 Å². The predicted octanol–water partition coefficient (Wildman–Crippen LogP) is 3.69. The van der Waals surface area contributed by atoms with Gasteiger partial charge < -0.3 is 14.6 Å². The van der Waals surface area contributed by atoms with E-state index in [1.807, 2.05) is 0 Å². The SMILES string of the molecule is COc1cccc(/C=C2\SC(=S)N(C3CCCCC3)C2=O)c1OCC(=O)O. The van der Waals surface area contributed by atoms with Crippen LogP contribution in [-0.2, 0) is 9.59 Å². The first kappa shape index (κ1) is 19.7. The molecule has 1 aliphatic carbocycles. The van der Waals surface area contributed by atoms with Gasteiger partial charge in [0.25, 0.3) is 5.91 Å². The number of methoxy groups -OCH3 is 1. The second-order valence-electron chi connectivity index (χ2n) is 6.40. The second-order valence-corrected chi connectivity index (χ2v) is 8.08. The van der Waals surface area contributed by atoms with Crippen LogP contribution >= 0.6 is 24.0 Å².